The molecule has 1 atom stereocenters. The summed E-state index contributed by atoms with van der Waals surface area (Å²) in [5.74, 6) is 0. The molecule has 78 valence electrons. The maximum Gasteiger partial charge on any atom is 0.252 e. The van der Waals surface area contributed by atoms with Gasteiger partial charge in [-0.2, -0.15) is 0 Å². The number of aromatic nitrogens is 1. The lowest BCUT2D eigenvalue weighted by atomic mass is 10.2. The molecular weight excluding hydrogens is 180 g/mol. The molecule has 0 fully saturated rings. The van der Waals surface area contributed by atoms with Crippen LogP contribution in [0.25, 0.3) is 0 Å². The standard InChI is InChI=1S/C10H16N2O2/c1-8(4-6-13)11-9-3-5-12(2)10(14)7-9/h3,5,7-8,11,13H,4,6H2,1-2H3. The van der Waals surface area contributed by atoms with Crippen LogP contribution in [0, 0.1) is 0 Å². The van der Waals surface area contributed by atoms with E-state index in [-0.39, 0.29) is 18.2 Å². The molecule has 0 saturated carbocycles. The Balaban J connectivity index is 2.68. The summed E-state index contributed by atoms with van der Waals surface area (Å²) in [7, 11) is 1.71. The van der Waals surface area contributed by atoms with E-state index in [2.05, 4.69) is 5.32 Å². The van der Waals surface area contributed by atoms with E-state index in [0.717, 1.165) is 5.69 Å². The summed E-state index contributed by atoms with van der Waals surface area (Å²) in [5, 5.41) is 11.8. The van der Waals surface area contributed by atoms with Crippen molar-refractivity contribution in [3.05, 3.63) is 28.7 Å². The SMILES string of the molecule is CC(CCO)Nc1ccn(C)c(=O)c1. The number of aliphatic hydroxyl groups excluding tert-OH is 1. The average Bonchev–Trinajstić information content (AvgIpc) is 2.12. The third kappa shape index (κ3) is 2.88. The number of nitrogens with one attached hydrogen (secondary N) is 1. The van der Waals surface area contributed by atoms with Gasteiger partial charge in [0.15, 0.2) is 0 Å². The first-order valence-corrected chi connectivity index (χ1v) is 4.67. The Bertz CT molecular complexity index is 346. The molecule has 0 radical (unpaired) electrons. The van der Waals surface area contributed by atoms with Gasteiger partial charge in [-0.25, -0.2) is 0 Å². The van der Waals surface area contributed by atoms with Gasteiger partial charge in [-0.1, -0.05) is 0 Å². The van der Waals surface area contributed by atoms with Crippen LogP contribution in [0.1, 0.15) is 13.3 Å². The Morgan fingerprint density at radius 2 is 2.36 bits per heavy atom. The number of pyridine rings is 1. The van der Waals surface area contributed by atoms with E-state index in [4.69, 9.17) is 5.11 Å². The third-order valence-electron chi connectivity index (χ3n) is 2.08. The smallest absolute Gasteiger partial charge is 0.252 e. The molecule has 0 saturated heterocycles. The molecule has 0 aliphatic heterocycles. The molecule has 0 aromatic carbocycles. The van der Waals surface area contributed by atoms with Crippen molar-refractivity contribution < 1.29 is 5.11 Å². The normalized spacial score (nSPS) is 12.5. The summed E-state index contributed by atoms with van der Waals surface area (Å²) in [6, 6.07) is 3.57. The van der Waals surface area contributed by atoms with Crippen molar-refractivity contribution in [2.75, 3.05) is 11.9 Å². The number of rotatable bonds is 4. The first kappa shape index (κ1) is 10.8. The van der Waals surface area contributed by atoms with Crippen molar-refractivity contribution in [1.82, 2.24) is 4.57 Å². The maximum atomic E-state index is 11.3. The summed E-state index contributed by atoms with van der Waals surface area (Å²) in [4.78, 5) is 11.3. The van der Waals surface area contributed by atoms with Crippen LogP contribution < -0.4 is 10.9 Å². The van der Waals surface area contributed by atoms with Crippen molar-refractivity contribution in [2.45, 2.75) is 19.4 Å². The molecule has 14 heavy (non-hydrogen) atoms. The van der Waals surface area contributed by atoms with Gasteiger partial charge in [0, 0.05) is 37.6 Å². The average molecular weight is 196 g/mol. The highest BCUT2D eigenvalue weighted by Gasteiger charge is 2.01. The second kappa shape index (κ2) is 4.81. The molecule has 1 rings (SSSR count). The quantitative estimate of drug-likeness (QED) is 0.740. The molecule has 1 aromatic rings. The predicted octanol–water partition coefficient (Wildman–Crippen LogP) is 0.568. The molecule has 0 bridgehead atoms. The summed E-state index contributed by atoms with van der Waals surface area (Å²) >= 11 is 0. The van der Waals surface area contributed by atoms with Crippen LogP contribution in [-0.4, -0.2) is 22.3 Å². The van der Waals surface area contributed by atoms with Crippen molar-refractivity contribution in [1.29, 1.82) is 0 Å². The van der Waals surface area contributed by atoms with Crippen LogP contribution in [0.2, 0.25) is 0 Å². The lowest BCUT2D eigenvalue weighted by Gasteiger charge is -2.13. The van der Waals surface area contributed by atoms with E-state index in [1.807, 2.05) is 13.0 Å². The van der Waals surface area contributed by atoms with E-state index in [0.29, 0.717) is 6.42 Å². The van der Waals surface area contributed by atoms with Crippen LogP contribution in [0.5, 0.6) is 0 Å². The zero-order valence-corrected chi connectivity index (χ0v) is 8.53. The van der Waals surface area contributed by atoms with Gasteiger partial charge in [-0.15, -0.1) is 0 Å². The molecule has 4 nitrogen and oxygen atoms in total. The summed E-state index contributed by atoms with van der Waals surface area (Å²) in [5.41, 5.74) is 0.764. The van der Waals surface area contributed by atoms with Gasteiger partial charge < -0.3 is 15.0 Å². The fourth-order valence-corrected chi connectivity index (χ4v) is 1.19. The van der Waals surface area contributed by atoms with Crippen LogP contribution >= 0.6 is 0 Å². The van der Waals surface area contributed by atoms with Crippen LogP contribution in [0.3, 0.4) is 0 Å². The molecule has 4 heteroatoms. The van der Waals surface area contributed by atoms with Gasteiger partial charge in [0.05, 0.1) is 0 Å². The van der Waals surface area contributed by atoms with Gasteiger partial charge >= 0.3 is 0 Å². The number of aliphatic hydroxyl groups is 1. The summed E-state index contributed by atoms with van der Waals surface area (Å²) in [6.45, 7) is 2.12. The second-order valence-corrected chi connectivity index (χ2v) is 3.42. The molecule has 0 amide bonds. The van der Waals surface area contributed by atoms with E-state index in [9.17, 15) is 4.79 Å². The Morgan fingerprint density at radius 3 is 2.93 bits per heavy atom. The monoisotopic (exact) mass is 196 g/mol. The minimum absolute atomic E-state index is 0.0359. The van der Waals surface area contributed by atoms with Gasteiger partial charge in [-0.05, 0) is 19.4 Å². The Hall–Kier alpha value is -1.29. The highest BCUT2D eigenvalue weighted by atomic mass is 16.3. The van der Waals surface area contributed by atoms with Gasteiger partial charge in [0.25, 0.3) is 5.56 Å². The summed E-state index contributed by atoms with van der Waals surface area (Å²) in [6.07, 6.45) is 2.39. The maximum absolute atomic E-state index is 11.3. The second-order valence-electron chi connectivity index (χ2n) is 3.42. The molecule has 0 aliphatic carbocycles. The molecule has 1 unspecified atom stereocenters. The zero-order chi connectivity index (χ0) is 10.6. The highest BCUT2D eigenvalue weighted by molar-refractivity contribution is 5.41. The Kier molecular flexibility index (Phi) is 3.71. The Morgan fingerprint density at radius 1 is 1.64 bits per heavy atom. The lowest BCUT2D eigenvalue weighted by molar-refractivity contribution is 0.282. The molecule has 0 spiro atoms. The largest absolute Gasteiger partial charge is 0.396 e. The minimum Gasteiger partial charge on any atom is -0.396 e. The zero-order valence-electron chi connectivity index (χ0n) is 8.53. The number of hydrogen-bond donors (Lipinski definition) is 2. The molecule has 1 aromatic heterocycles. The minimum atomic E-state index is -0.0359. The summed E-state index contributed by atoms with van der Waals surface area (Å²) < 4.78 is 1.52. The van der Waals surface area contributed by atoms with Gasteiger partial charge in [0.2, 0.25) is 0 Å². The van der Waals surface area contributed by atoms with Crippen LogP contribution in [0.15, 0.2) is 23.1 Å². The third-order valence-corrected chi connectivity index (χ3v) is 2.08. The predicted molar refractivity (Wildman–Crippen MR) is 56.5 cm³/mol. The first-order valence-electron chi connectivity index (χ1n) is 4.67. The molecular formula is C10H16N2O2. The van der Waals surface area contributed by atoms with Crippen molar-refractivity contribution >= 4 is 5.69 Å². The molecule has 1 heterocycles. The fourth-order valence-electron chi connectivity index (χ4n) is 1.19. The lowest BCUT2D eigenvalue weighted by Crippen LogP contribution is -2.20. The molecule has 0 aliphatic rings. The number of nitrogens with zero attached hydrogens (tertiary/aromatic N) is 1. The van der Waals surface area contributed by atoms with E-state index < -0.39 is 0 Å². The van der Waals surface area contributed by atoms with Crippen molar-refractivity contribution in [3.63, 3.8) is 0 Å². The van der Waals surface area contributed by atoms with Crippen LogP contribution in [-0.2, 0) is 7.05 Å². The number of anilines is 1. The van der Waals surface area contributed by atoms with Gasteiger partial charge in [0.1, 0.15) is 0 Å². The number of aryl methyl sites for hydroxylation is 1. The van der Waals surface area contributed by atoms with E-state index >= 15 is 0 Å². The highest BCUT2D eigenvalue weighted by Crippen LogP contribution is 2.05. The van der Waals surface area contributed by atoms with Crippen molar-refractivity contribution in [2.24, 2.45) is 7.05 Å². The van der Waals surface area contributed by atoms with E-state index in [1.165, 1.54) is 4.57 Å². The fraction of sp³-hybridized carbons (Fsp3) is 0.500. The Labute approximate surface area is 83.2 Å². The van der Waals surface area contributed by atoms with E-state index in [1.54, 1.807) is 19.3 Å². The van der Waals surface area contributed by atoms with Crippen LogP contribution in [0.4, 0.5) is 5.69 Å². The molecule has 2 N–H and O–H groups in total. The topological polar surface area (TPSA) is 54.3 Å². The van der Waals surface area contributed by atoms with Crippen molar-refractivity contribution in [3.8, 4) is 0 Å². The first-order chi connectivity index (χ1) is 6.63. The van der Waals surface area contributed by atoms with Gasteiger partial charge in [-0.3, -0.25) is 4.79 Å². The number of hydrogen-bond acceptors (Lipinski definition) is 3.